The van der Waals surface area contributed by atoms with E-state index in [4.69, 9.17) is 0 Å². The Morgan fingerprint density at radius 3 is 2.29 bits per heavy atom. The number of halogens is 2. The van der Waals surface area contributed by atoms with Crippen molar-refractivity contribution in [2.75, 3.05) is 6.54 Å². The van der Waals surface area contributed by atoms with Crippen molar-refractivity contribution in [2.45, 2.75) is 39.2 Å². The van der Waals surface area contributed by atoms with Crippen LogP contribution in [0, 0.1) is 17.0 Å². The van der Waals surface area contributed by atoms with Gasteiger partial charge in [0, 0.05) is 18.7 Å². The summed E-state index contributed by atoms with van der Waals surface area (Å²) < 4.78 is 26.1. The maximum atomic E-state index is 13.1. The van der Waals surface area contributed by atoms with Crippen LogP contribution in [-0.2, 0) is 0 Å². The zero-order valence-electron chi connectivity index (χ0n) is 10.4. The molecule has 0 bridgehead atoms. The topological polar surface area (TPSA) is 12.0 Å². The van der Waals surface area contributed by atoms with Gasteiger partial charge in [0.15, 0.2) is 0 Å². The minimum atomic E-state index is -0.509. The molecule has 1 N–H and O–H groups in total. The minimum Gasteiger partial charge on any atom is -0.310 e. The van der Waals surface area contributed by atoms with Gasteiger partial charge in [0.2, 0.25) is 0 Å². The Morgan fingerprint density at radius 1 is 1.24 bits per heavy atom. The highest BCUT2D eigenvalue weighted by Gasteiger charge is 2.40. The maximum absolute atomic E-state index is 13.1. The van der Waals surface area contributed by atoms with E-state index in [-0.39, 0.29) is 6.04 Å². The number of hydrogen-bond acceptors (Lipinski definition) is 1. The zero-order chi connectivity index (χ0) is 12.5. The summed E-state index contributed by atoms with van der Waals surface area (Å²) in [4.78, 5) is 0. The molecule has 1 atom stereocenters. The van der Waals surface area contributed by atoms with E-state index in [2.05, 4.69) is 12.2 Å². The van der Waals surface area contributed by atoms with Crippen molar-refractivity contribution in [1.29, 1.82) is 0 Å². The summed E-state index contributed by atoms with van der Waals surface area (Å²) in [5.74, 6) is -1.02. The average molecular weight is 239 g/mol. The van der Waals surface area contributed by atoms with Gasteiger partial charge in [0.25, 0.3) is 0 Å². The molecule has 1 aliphatic rings. The second kappa shape index (κ2) is 4.73. The second-order valence-electron chi connectivity index (χ2n) is 5.16. The van der Waals surface area contributed by atoms with Crippen LogP contribution >= 0.6 is 0 Å². The molecule has 2 rings (SSSR count). The van der Waals surface area contributed by atoms with Gasteiger partial charge in [0.1, 0.15) is 11.6 Å². The predicted molar refractivity (Wildman–Crippen MR) is 64.7 cm³/mol. The van der Waals surface area contributed by atoms with E-state index in [0.29, 0.717) is 11.0 Å². The van der Waals surface area contributed by atoms with E-state index in [1.807, 2.05) is 6.92 Å². The monoisotopic (exact) mass is 239 g/mol. The molecular formula is C14H19F2N. The molecule has 1 aromatic carbocycles. The summed E-state index contributed by atoms with van der Waals surface area (Å²) in [6.07, 6.45) is 3.70. The molecule has 0 amide bonds. The van der Waals surface area contributed by atoms with Crippen LogP contribution in [0.4, 0.5) is 8.78 Å². The summed E-state index contributed by atoms with van der Waals surface area (Å²) in [5, 5.41) is 3.37. The highest BCUT2D eigenvalue weighted by molar-refractivity contribution is 5.21. The van der Waals surface area contributed by atoms with Gasteiger partial charge >= 0.3 is 0 Å². The normalized spacial score (nSPS) is 19.1. The molecule has 1 aromatic rings. The number of nitrogens with one attached hydrogen (secondary N) is 1. The highest BCUT2D eigenvalue weighted by Crippen LogP contribution is 2.48. The molecular weight excluding hydrogens is 220 g/mol. The Bertz CT molecular complexity index is 379. The molecule has 1 fully saturated rings. The molecule has 1 aliphatic carbocycles. The Labute approximate surface area is 101 Å². The van der Waals surface area contributed by atoms with Crippen molar-refractivity contribution in [3.63, 3.8) is 0 Å². The predicted octanol–water partition coefficient (Wildman–Crippen LogP) is 3.81. The maximum Gasteiger partial charge on any atom is 0.126 e. The number of rotatable bonds is 5. The van der Waals surface area contributed by atoms with Gasteiger partial charge in [-0.25, -0.2) is 8.78 Å². The van der Waals surface area contributed by atoms with E-state index in [1.165, 1.54) is 31.4 Å². The first-order valence-corrected chi connectivity index (χ1v) is 6.24. The molecule has 0 spiro atoms. The molecule has 0 radical (unpaired) electrons. The lowest BCUT2D eigenvalue weighted by Gasteiger charge is -2.19. The minimum absolute atomic E-state index is 0.00998. The molecule has 94 valence electrons. The Morgan fingerprint density at radius 2 is 1.82 bits per heavy atom. The van der Waals surface area contributed by atoms with Crippen LogP contribution in [0.15, 0.2) is 18.2 Å². The second-order valence-corrected chi connectivity index (χ2v) is 5.16. The summed E-state index contributed by atoms with van der Waals surface area (Å²) in [7, 11) is 0. The van der Waals surface area contributed by atoms with Crippen LogP contribution in [-0.4, -0.2) is 6.54 Å². The Balaban J connectivity index is 1.97. The zero-order valence-corrected chi connectivity index (χ0v) is 10.4. The van der Waals surface area contributed by atoms with Gasteiger partial charge in [-0.05, 0) is 49.3 Å². The lowest BCUT2D eigenvalue weighted by atomic mass is 10.0. The first-order valence-electron chi connectivity index (χ1n) is 6.24. The molecule has 17 heavy (non-hydrogen) atoms. The Hall–Kier alpha value is -0.960. The largest absolute Gasteiger partial charge is 0.310 e. The molecule has 0 saturated heterocycles. The van der Waals surface area contributed by atoms with Crippen LogP contribution in [0.1, 0.15) is 44.7 Å². The van der Waals surface area contributed by atoms with Gasteiger partial charge in [-0.15, -0.1) is 0 Å². The highest BCUT2D eigenvalue weighted by atomic mass is 19.1. The molecule has 0 heterocycles. The fraction of sp³-hybridized carbons (Fsp3) is 0.571. The van der Waals surface area contributed by atoms with E-state index in [1.54, 1.807) is 0 Å². The Kier molecular flexibility index (Phi) is 3.48. The van der Waals surface area contributed by atoms with Gasteiger partial charge < -0.3 is 5.32 Å². The van der Waals surface area contributed by atoms with Gasteiger partial charge in [0.05, 0.1) is 0 Å². The van der Waals surface area contributed by atoms with Gasteiger partial charge in [-0.3, -0.25) is 0 Å². The van der Waals surface area contributed by atoms with E-state index in [9.17, 15) is 8.78 Å². The summed E-state index contributed by atoms with van der Waals surface area (Å²) in [6, 6.07) is 3.69. The van der Waals surface area contributed by atoms with Crippen LogP contribution in [0.25, 0.3) is 0 Å². The fourth-order valence-electron chi connectivity index (χ4n) is 2.14. The van der Waals surface area contributed by atoms with E-state index < -0.39 is 11.6 Å². The van der Waals surface area contributed by atoms with E-state index in [0.717, 1.165) is 12.6 Å². The lowest BCUT2D eigenvalue weighted by Crippen LogP contribution is -2.26. The fourth-order valence-corrected chi connectivity index (χ4v) is 2.14. The number of benzene rings is 1. The third-order valence-electron chi connectivity index (χ3n) is 3.88. The van der Waals surface area contributed by atoms with Crippen molar-refractivity contribution in [1.82, 2.24) is 5.32 Å². The third-order valence-corrected chi connectivity index (χ3v) is 3.88. The van der Waals surface area contributed by atoms with Gasteiger partial charge in [-0.1, -0.05) is 6.92 Å². The molecule has 3 heteroatoms. The first-order chi connectivity index (χ1) is 8.04. The smallest absolute Gasteiger partial charge is 0.126 e. The lowest BCUT2D eigenvalue weighted by molar-refractivity contribution is 0.413. The van der Waals surface area contributed by atoms with E-state index >= 15 is 0 Å². The molecule has 1 saturated carbocycles. The molecule has 1 unspecified atom stereocenters. The summed E-state index contributed by atoms with van der Waals surface area (Å²) >= 11 is 0. The molecule has 1 nitrogen and oxygen atoms in total. The van der Waals surface area contributed by atoms with Crippen LogP contribution in [0.2, 0.25) is 0 Å². The van der Waals surface area contributed by atoms with Crippen molar-refractivity contribution >= 4 is 0 Å². The summed E-state index contributed by atoms with van der Waals surface area (Å²) in [5.41, 5.74) is 1.12. The van der Waals surface area contributed by atoms with Crippen LogP contribution in [0.3, 0.4) is 0 Å². The quantitative estimate of drug-likeness (QED) is 0.824. The first kappa shape index (κ1) is 12.5. The van der Waals surface area contributed by atoms with Crippen molar-refractivity contribution in [3.05, 3.63) is 35.4 Å². The van der Waals surface area contributed by atoms with Crippen LogP contribution in [0.5, 0.6) is 0 Å². The average Bonchev–Trinajstić information content (AvgIpc) is 3.05. The standard InChI is InChI=1S/C14H19F2N/c1-3-14(4-5-14)9-17-10(2)11-6-12(15)8-13(16)7-11/h6-8,10,17H,3-5,9H2,1-2H3. The SMILES string of the molecule is CCC1(CNC(C)c2cc(F)cc(F)c2)CC1. The third kappa shape index (κ3) is 3.03. The summed E-state index contributed by atoms with van der Waals surface area (Å²) in [6.45, 7) is 5.07. The van der Waals surface area contributed by atoms with Crippen molar-refractivity contribution < 1.29 is 8.78 Å². The van der Waals surface area contributed by atoms with Crippen LogP contribution < -0.4 is 5.32 Å². The van der Waals surface area contributed by atoms with Crippen molar-refractivity contribution in [2.24, 2.45) is 5.41 Å². The molecule has 0 aromatic heterocycles. The number of hydrogen-bond donors (Lipinski definition) is 1. The van der Waals surface area contributed by atoms with Crippen molar-refractivity contribution in [3.8, 4) is 0 Å². The molecule has 0 aliphatic heterocycles. The van der Waals surface area contributed by atoms with Gasteiger partial charge in [-0.2, -0.15) is 0 Å².